The number of carbonyl (C=O) groups is 1. The van der Waals surface area contributed by atoms with Crippen molar-refractivity contribution < 1.29 is 4.79 Å². The molecule has 5 nitrogen and oxygen atoms in total. The topological polar surface area (TPSA) is 59.4 Å². The van der Waals surface area contributed by atoms with Gasteiger partial charge in [0.1, 0.15) is 11.1 Å². The first-order valence-electron chi connectivity index (χ1n) is 11.2. The van der Waals surface area contributed by atoms with Gasteiger partial charge in [-0.15, -0.1) is 11.3 Å². The van der Waals surface area contributed by atoms with Crippen molar-refractivity contribution in [2.45, 2.75) is 39.2 Å². The van der Waals surface area contributed by atoms with Crippen molar-refractivity contribution in [2.24, 2.45) is 5.92 Å². The molecule has 2 aromatic rings. The average Bonchev–Trinajstić information content (AvgIpc) is 3.12. The number of nitrogens with one attached hydrogen (secondary N) is 1. The monoisotopic (exact) mass is 490 g/mol. The molecule has 1 atom stereocenters. The molecule has 0 bridgehead atoms. The third-order valence-corrected chi connectivity index (χ3v) is 8.31. The van der Waals surface area contributed by atoms with E-state index in [1.807, 2.05) is 12.1 Å². The van der Waals surface area contributed by atoms with E-state index in [0.717, 1.165) is 74.5 Å². The van der Waals surface area contributed by atoms with E-state index in [4.69, 9.17) is 23.2 Å². The number of carbonyl (C=O) groups excluding carboxylic acids is 1. The van der Waals surface area contributed by atoms with Crippen molar-refractivity contribution in [1.82, 2.24) is 9.80 Å². The van der Waals surface area contributed by atoms with Crippen LogP contribution in [0.5, 0.6) is 0 Å². The first-order valence-corrected chi connectivity index (χ1v) is 12.8. The number of hydrogen-bond acceptors (Lipinski definition) is 5. The molecule has 1 aliphatic heterocycles. The summed E-state index contributed by atoms with van der Waals surface area (Å²) in [6.45, 7) is 6.75. The number of thiophene rings is 1. The summed E-state index contributed by atoms with van der Waals surface area (Å²) in [5.74, 6) is 0.650. The zero-order valence-corrected chi connectivity index (χ0v) is 20.6. The summed E-state index contributed by atoms with van der Waals surface area (Å²) in [7, 11) is 0. The molecule has 1 saturated heterocycles. The molecule has 1 fully saturated rings. The van der Waals surface area contributed by atoms with Crippen molar-refractivity contribution in [1.29, 1.82) is 5.26 Å². The largest absolute Gasteiger partial charge is 0.315 e. The van der Waals surface area contributed by atoms with Crippen LogP contribution in [0.25, 0.3) is 0 Å². The van der Waals surface area contributed by atoms with Gasteiger partial charge in [-0.1, -0.05) is 42.6 Å². The fraction of sp³-hybridized carbons (Fsp3) is 0.500. The first kappa shape index (κ1) is 23.5. The average molecular weight is 491 g/mol. The van der Waals surface area contributed by atoms with Crippen molar-refractivity contribution >= 4 is 45.4 Å². The zero-order valence-electron chi connectivity index (χ0n) is 18.3. The number of nitrogens with zero attached hydrogens (tertiary/aromatic N) is 3. The van der Waals surface area contributed by atoms with Crippen LogP contribution < -0.4 is 5.32 Å². The predicted molar refractivity (Wildman–Crippen MR) is 132 cm³/mol. The molecule has 0 radical (unpaired) electrons. The number of benzene rings is 1. The Hall–Kier alpha value is -1.62. The minimum Gasteiger partial charge on any atom is -0.315 e. The maximum absolute atomic E-state index is 12.7. The van der Waals surface area contributed by atoms with Crippen molar-refractivity contribution in [2.75, 3.05) is 38.0 Å². The Balaban J connectivity index is 1.29. The predicted octanol–water partition coefficient (Wildman–Crippen LogP) is 5.20. The number of halogens is 2. The Bertz CT molecular complexity index is 1020. The lowest BCUT2D eigenvalue weighted by Gasteiger charge is -2.34. The van der Waals surface area contributed by atoms with Crippen LogP contribution >= 0.6 is 34.5 Å². The molecule has 32 heavy (non-hydrogen) atoms. The fourth-order valence-corrected chi connectivity index (χ4v) is 6.37. The highest BCUT2D eigenvalue weighted by Gasteiger charge is 2.26. The lowest BCUT2D eigenvalue weighted by atomic mass is 9.86. The summed E-state index contributed by atoms with van der Waals surface area (Å²) in [5.41, 5.74) is 2.91. The molecule has 1 unspecified atom stereocenters. The Labute approximate surface area is 203 Å². The maximum atomic E-state index is 12.7. The molecule has 0 spiro atoms. The molecular formula is C24H28Cl2N4OS. The summed E-state index contributed by atoms with van der Waals surface area (Å²) in [6, 6.07) is 7.95. The Morgan fingerprint density at radius 2 is 2.00 bits per heavy atom. The number of fused-ring (bicyclic) bond motifs is 1. The lowest BCUT2D eigenvalue weighted by molar-refractivity contribution is -0.117. The second-order valence-electron chi connectivity index (χ2n) is 8.67. The molecule has 4 rings (SSSR count). The van der Waals surface area contributed by atoms with E-state index in [1.165, 1.54) is 4.88 Å². The number of hydrogen-bond donors (Lipinski definition) is 1. The molecule has 1 N–H and O–H groups in total. The molecule has 1 aromatic carbocycles. The van der Waals surface area contributed by atoms with Crippen LogP contribution in [0.4, 0.5) is 5.00 Å². The lowest BCUT2D eigenvalue weighted by Crippen LogP contribution is -2.48. The number of nitriles is 1. The highest BCUT2D eigenvalue weighted by atomic mass is 35.5. The second kappa shape index (κ2) is 10.5. The maximum Gasteiger partial charge on any atom is 0.239 e. The first-order chi connectivity index (χ1) is 15.5. The minimum atomic E-state index is -0.0404. The quantitative estimate of drug-likeness (QED) is 0.604. The van der Waals surface area contributed by atoms with Crippen LogP contribution in [0.1, 0.15) is 41.3 Å². The third kappa shape index (κ3) is 5.47. The van der Waals surface area contributed by atoms with E-state index in [2.05, 4.69) is 28.1 Å². The van der Waals surface area contributed by atoms with Crippen LogP contribution in [-0.2, 0) is 24.2 Å². The number of piperazine rings is 1. The van der Waals surface area contributed by atoms with Gasteiger partial charge in [-0.3, -0.25) is 14.6 Å². The van der Waals surface area contributed by atoms with Crippen LogP contribution in [0.15, 0.2) is 18.2 Å². The van der Waals surface area contributed by atoms with Gasteiger partial charge in [0.25, 0.3) is 0 Å². The molecule has 2 heterocycles. The standard InChI is InChI=1S/C24H28Cl2N4OS/c1-2-16-3-6-19-20(13-27)24(32-22(19)11-16)28-23(31)15-30-9-7-29(8-10-30)14-17-4-5-18(25)12-21(17)26/h4-5,12,16H,2-3,6-11,14-15H2,1H3,(H,28,31). The van der Waals surface area contributed by atoms with E-state index in [-0.39, 0.29) is 5.91 Å². The minimum absolute atomic E-state index is 0.0404. The van der Waals surface area contributed by atoms with Gasteiger partial charge in [-0.25, -0.2) is 0 Å². The van der Waals surface area contributed by atoms with Crippen molar-refractivity contribution in [3.63, 3.8) is 0 Å². The normalized spacial score (nSPS) is 19.4. The Morgan fingerprint density at radius 1 is 1.25 bits per heavy atom. The third-order valence-electron chi connectivity index (χ3n) is 6.55. The molecular weight excluding hydrogens is 463 g/mol. The van der Waals surface area contributed by atoms with E-state index in [0.29, 0.717) is 28.1 Å². The number of amides is 1. The highest BCUT2D eigenvalue weighted by molar-refractivity contribution is 7.16. The van der Waals surface area contributed by atoms with Crippen molar-refractivity contribution in [3.8, 4) is 6.07 Å². The van der Waals surface area contributed by atoms with Gasteiger partial charge in [0.2, 0.25) is 5.91 Å². The molecule has 170 valence electrons. The summed E-state index contributed by atoms with van der Waals surface area (Å²) in [4.78, 5) is 18.5. The second-order valence-corrected chi connectivity index (χ2v) is 10.6. The summed E-state index contributed by atoms with van der Waals surface area (Å²) < 4.78 is 0. The van der Waals surface area contributed by atoms with Gasteiger partial charge in [0.15, 0.2) is 0 Å². The van der Waals surface area contributed by atoms with Crippen LogP contribution in [-0.4, -0.2) is 48.4 Å². The number of anilines is 1. The molecule has 1 amide bonds. The van der Waals surface area contributed by atoms with Crippen LogP contribution in [0, 0.1) is 17.2 Å². The molecule has 2 aliphatic rings. The van der Waals surface area contributed by atoms with Gasteiger partial charge in [0.05, 0.1) is 12.1 Å². The molecule has 1 aromatic heterocycles. The van der Waals surface area contributed by atoms with E-state index in [9.17, 15) is 10.1 Å². The van der Waals surface area contributed by atoms with E-state index < -0.39 is 0 Å². The van der Waals surface area contributed by atoms with Gasteiger partial charge < -0.3 is 5.32 Å². The van der Waals surface area contributed by atoms with Gasteiger partial charge in [0, 0.05) is 47.6 Å². The van der Waals surface area contributed by atoms with Gasteiger partial charge in [-0.2, -0.15) is 5.26 Å². The summed E-state index contributed by atoms with van der Waals surface area (Å²) in [6.07, 6.45) is 4.27. The Morgan fingerprint density at radius 3 is 2.69 bits per heavy atom. The smallest absolute Gasteiger partial charge is 0.239 e. The van der Waals surface area contributed by atoms with Crippen LogP contribution in [0.2, 0.25) is 10.0 Å². The number of rotatable bonds is 6. The molecule has 8 heteroatoms. The summed E-state index contributed by atoms with van der Waals surface area (Å²) >= 11 is 13.9. The molecule has 1 aliphatic carbocycles. The SMILES string of the molecule is CCC1CCc2c(sc(NC(=O)CN3CCN(Cc4ccc(Cl)cc4Cl)CC3)c2C#N)C1. The van der Waals surface area contributed by atoms with Gasteiger partial charge >= 0.3 is 0 Å². The Kier molecular flexibility index (Phi) is 7.75. The van der Waals surface area contributed by atoms with E-state index >= 15 is 0 Å². The van der Waals surface area contributed by atoms with Gasteiger partial charge in [-0.05, 0) is 48.4 Å². The fourth-order valence-electron chi connectivity index (χ4n) is 4.57. The van der Waals surface area contributed by atoms with Crippen LogP contribution in [0.3, 0.4) is 0 Å². The zero-order chi connectivity index (χ0) is 22.7. The van der Waals surface area contributed by atoms with Crippen molar-refractivity contribution in [3.05, 3.63) is 49.8 Å². The van der Waals surface area contributed by atoms with E-state index in [1.54, 1.807) is 17.4 Å². The summed E-state index contributed by atoms with van der Waals surface area (Å²) in [5, 5.41) is 14.8. The highest BCUT2D eigenvalue weighted by Crippen LogP contribution is 2.40. The molecule has 0 saturated carbocycles.